The van der Waals surface area contributed by atoms with E-state index in [-0.39, 0.29) is 17.7 Å². The SMILES string of the molecule is NC(=O)CSc1ccccc1NC(=O)N1CCCN2CCC[C@@H]2C1. The van der Waals surface area contributed by atoms with E-state index in [2.05, 4.69) is 10.2 Å². The largest absolute Gasteiger partial charge is 0.369 e. The first-order valence-corrected chi connectivity index (χ1v) is 9.42. The number of hydrogen-bond donors (Lipinski definition) is 2. The van der Waals surface area contributed by atoms with Gasteiger partial charge in [-0.25, -0.2) is 4.79 Å². The van der Waals surface area contributed by atoms with Crippen LogP contribution in [0.25, 0.3) is 0 Å². The number of thioether (sulfide) groups is 1. The second-order valence-corrected chi connectivity index (χ2v) is 7.33. The molecule has 0 spiro atoms. The number of benzene rings is 1. The Morgan fingerprint density at radius 2 is 2.00 bits per heavy atom. The number of rotatable bonds is 4. The van der Waals surface area contributed by atoms with Crippen LogP contribution in [0.5, 0.6) is 0 Å². The Morgan fingerprint density at radius 1 is 1.21 bits per heavy atom. The van der Waals surface area contributed by atoms with Gasteiger partial charge >= 0.3 is 6.03 Å². The number of urea groups is 1. The number of nitrogens with one attached hydrogen (secondary N) is 1. The Morgan fingerprint density at radius 3 is 2.83 bits per heavy atom. The van der Waals surface area contributed by atoms with Gasteiger partial charge in [0.25, 0.3) is 0 Å². The molecule has 2 fully saturated rings. The van der Waals surface area contributed by atoms with Crippen molar-refractivity contribution in [3.05, 3.63) is 24.3 Å². The molecule has 0 bridgehead atoms. The molecule has 7 heteroatoms. The van der Waals surface area contributed by atoms with Gasteiger partial charge in [-0.3, -0.25) is 9.69 Å². The Balaban J connectivity index is 1.64. The molecule has 0 aliphatic carbocycles. The number of para-hydroxylation sites is 1. The van der Waals surface area contributed by atoms with Crippen molar-refractivity contribution in [3.63, 3.8) is 0 Å². The van der Waals surface area contributed by atoms with E-state index in [9.17, 15) is 9.59 Å². The molecule has 1 atom stereocenters. The summed E-state index contributed by atoms with van der Waals surface area (Å²) in [7, 11) is 0. The maximum absolute atomic E-state index is 12.7. The van der Waals surface area contributed by atoms with Crippen molar-refractivity contribution in [2.24, 2.45) is 5.73 Å². The number of nitrogens with two attached hydrogens (primary N) is 1. The lowest BCUT2D eigenvalue weighted by atomic mass is 10.2. The van der Waals surface area contributed by atoms with Crippen molar-refractivity contribution in [3.8, 4) is 0 Å². The molecule has 0 radical (unpaired) electrons. The molecule has 24 heavy (non-hydrogen) atoms. The molecule has 1 aromatic carbocycles. The Hall–Kier alpha value is -1.73. The van der Waals surface area contributed by atoms with Crippen molar-refractivity contribution >= 4 is 29.4 Å². The van der Waals surface area contributed by atoms with Gasteiger partial charge in [0.1, 0.15) is 0 Å². The second kappa shape index (κ2) is 7.90. The molecule has 0 saturated carbocycles. The summed E-state index contributed by atoms with van der Waals surface area (Å²) in [6, 6.07) is 7.96. The van der Waals surface area contributed by atoms with E-state index in [0.29, 0.717) is 6.04 Å². The molecule has 6 nitrogen and oxygen atoms in total. The van der Waals surface area contributed by atoms with E-state index in [0.717, 1.165) is 43.2 Å². The summed E-state index contributed by atoms with van der Waals surface area (Å²) in [5.74, 6) is -0.164. The molecule has 1 aromatic rings. The normalized spacial score (nSPS) is 21.2. The third-order valence-electron chi connectivity index (χ3n) is 4.59. The first kappa shape index (κ1) is 17.1. The van der Waals surface area contributed by atoms with Crippen molar-refractivity contribution in [1.82, 2.24) is 9.80 Å². The van der Waals surface area contributed by atoms with E-state index in [1.54, 1.807) is 0 Å². The summed E-state index contributed by atoms with van der Waals surface area (Å²) >= 11 is 1.35. The van der Waals surface area contributed by atoms with E-state index in [4.69, 9.17) is 5.73 Å². The lowest BCUT2D eigenvalue weighted by molar-refractivity contribution is -0.115. The summed E-state index contributed by atoms with van der Waals surface area (Å²) in [5.41, 5.74) is 5.95. The molecule has 0 unspecified atom stereocenters. The van der Waals surface area contributed by atoms with Crippen LogP contribution in [0.4, 0.5) is 10.5 Å². The molecule has 3 amide bonds. The van der Waals surface area contributed by atoms with Gasteiger partial charge in [-0.1, -0.05) is 12.1 Å². The van der Waals surface area contributed by atoms with Crippen molar-refractivity contribution in [2.45, 2.75) is 30.2 Å². The fraction of sp³-hybridized carbons (Fsp3) is 0.529. The van der Waals surface area contributed by atoms with E-state index >= 15 is 0 Å². The van der Waals surface area contributed by atoms with Gasteiger partial charge in [-0.2, -0.15) is 0 Å². The van der Waals surface area contributed by atoms with Crippen LogP contribution < -0.4 is 11.1 Å². The summed E-state index contributed by atoms with van der Waals surface area (Å²) < 4.78 is 0. The van der Waals surface area contributed by atoms with Crippen LogP contribution in [0, 0.1) is 0 Å². The first-order chi connectivity index (χ1) is 11.6. The van der Waals surface area contributed by atoms with Crippen molar-refractivity contribution in [2.75, 3.05) is 37.2 Å². The molecule has 3 rings (SSSR count). The standard InChI is InChI=1S/C17H24N4O2S/c18-16(22)12-24-15-7-2-1-6-14(15)19-17(23)21-10-4-9-20-8-3-5-13(20)11-21/h1-2,6-7,13H,3-5,8-12H2,(H2,18,22)(H,19,23)/t13-/m1/s1. The van der Waals surface area contributed by atoms with Gasteiger partial charge in [0.05, 0.1) is 11.4 Å². The van der Waals surface area contributed by atoms with Crippen LogP contribution >= 0.6 is 11.8 Å². The highest BCUT2D eigenvalue weighted by Gasteiger charge is 2.30. The van der Waals surface area contributed by atoms with Crippen LogP contribution in [0.2, 0.25) is 0 Å². The minimum atomic E-state index is -0.366. The first-order valence-electron chi connectivity index (χ1n) is 8.43. The van der Waals surface area contributed by atoms with Crippen LogP contribution in [0.1, 0.15) is 19.3 Å². The number of primary amides is 1. The maximum Gasteiger partial charge on any atom is 0.321 e. The average Bonchev–Trinajstić information content (AvgIpc) is 2.90. The zero-order chi connectivity index (χ0) is 16.9. The smallest absolute Gasteiger partial charge is 0.321 e. The van der Waals surface area contributed by atoms with E-state index in [1.165, 1.54) is 24.6 Å². The molecule has 3 N–H and O–H groups in total. The van der Waals surface area contributed by atoms with Crippen molar-refractivity contribution in [1.29, 1.82) is 0 Å². The van der Waals surface area contributed by atoms with Crippen LogP contribution in [0.15, 0.2) is 29.2 Å². The highest BCUT2D eigenvalue weighted by atomic mass is 32.2. The molecular formula is C17H24N4O2S. The predicted molar refractivity (Wildman–Crippen MR) is 96.2 cm³/mol. The number of anilines is 1. The second-order valence-electron chi connectivity index (χ2n) is 6.31. The van der Waals surface area contributed by atoms with E-state index < -0.39 is 0 Å². The summed E-state index contributed by atoms with van der Waals surface area (Å²) in [5, 5.41) is 3.01. The maximum atomic E-state index is 12.7. The molecule has 2 saturated heterocycles. The monoisotopic (exact) mass is 348 g/mol. The fourth-order valence-corrected chi connectivity index (χ4v) is 4.18. The van der Waals surface area contributed by atoms with Crippen molar-refractivity contribution < 1.29 is 9.59 Å². The number of carbonyl (C=O) groups is 2. The molecule has 0 aromatic heterocycles. The van der Waals surface area contributed by atoms with Gasteiger partial charge in [-0.15, -0.1) is 11.8 Å². The topological polar surface area (TPSA) is 78.7 Å². The van der Waals surface area contributed by atoms with Gasteiger partial charge < -0.3 is 16.0 Å². The number of hydrogen-bond acceptors (Lipinski definition) is 4. The summed E-state index contributed by atoms with van der Waals surface area (Å²) in [4.78, 5) is 29.0. The molecule has 2 heterocycles. The molecular weight excluding hydrogens is 324 g/mol. The van der Waals surface area contributed by atoms with Gasteiger partial charge in [-0.05, 0) is 37.9 Å². The van der Waals surface area contributed by atoms with Gasteiger partial charge in [0.2, 0.25) is 5.91 Å². The summed E-state index contributed by atoms with van der Waals surface area (Å²) in [6.45, 7) is 3.82. The summed E-state index contributed by atoms with van der Waals surface area (Å²) in [6.07, 6.45) is 3.42. The molecule has 2 aliphatic rings. The molecule has 2 aliphatic heterocycles. The number of nitrogens with zero attached hydrogens (tertiary/aromatic N) is 2. The Bertz CT molecular complexity index is 610. The lowest BCUT2D eigenvalue weighted by Crippen LogP contribution is -2.41. The zero-order valence-electron chi connectivity index (χ0n) is 13.7. The van der Waals surface area contributed by atoms with Crippen LogP contribution in [-0.2, 0) is 4.79 Å². The number of fused-ring (bicyclic) bond motifs is 1. The zero-order valence-corrected chi connectivity index (χ0v) is 14.6. The quantitative estimate of drug-likeness (QED) is 0.816. The highest BCUT2D eigenvalue weighted by Crippen LogP contribution is 2.27. The van der Waals surface area contributed by atoms with Crippen LogP contribution in [0.3, 0.4) is 0 Å². The van der Waals surface area contributed by atoms with Gasteiger partial charge in [0, 0.05) is 30.6 Å². The van der Waals surface area contributed by atoms with E-state index in [1.807, 2.05) is 29.2 Å². The number of carbonyl (C=O) groups excluding carboxylic acids is 2. The molecule has 130 valence electrons. The Kier molecular flexibility index (Phi) is 5.63. The van der Waals surface area contributed by atoms with Crippen LogP contribution in [-0.4, -0.2) is 59.7 Å². The predicted octanol–water partition coefficient (Wildman–Crippen LogP) is 1.97. The third-order valence-corrected chi connectivity index (χ3v) is 5.69. The Labute approximate surface area is 146 Å². The number of amides is 3. The fourth-order valence-electron chi connectivity index (χ4n) is 3.43. The minimum absolute atomic E-state index is 0.0594. The average molecular weight is 348 g/mol. The lowest BCUT2D eigenvalue weighted by Gasteiger charge is -2.26. The van der Waals surface area contributed by atoms with Gasteiger partial charge in [0.15, 0.2) is 0 Å². The minimum Gasteiger partial charge on any atom is -0.369 e. The third kappa shape index (κ3) is 4.21. The highest BCUT2D eigenvalue weighted by molar-refractivity contribution is 8.00.